The highest BCUT2D eigenvalue weighted by Gasteiger charge is 2.18. The van der Waals surface area contributed by atoms with Crippen LogP contribution in [0.4, 0.5) is 0 Å². The van der Waals surface area contributed by atoms with Gasteiger partial charge in [-0.25, -0.2) is 0 Å². The molecular weight excluding hydrogens is 238 g/mol. The van der Waals surface area contributed by atoms with Gasteiger partial charge in [0.2, 0.25) is 0 Å². The van der Waals surface area contributed by atoms with Gasteiger partial charge < -0.3 is 15.6 Å². The van der Waals surface area contributed by atoms with Crippen molar-refractivity contribution in [1.29, 1.82) is 0 Å². The van der Waals surface area contributed by atoms with E-state index in [1.807, 2.05) is 20.8 Å². The highest BCUT2D eigenvalue weighted by atomic mass is 16.5. The Bertz CT molecular complexity index is 207. The first kappa shape index (κ1) is 21.2. The molecule has 1 atom stereocenters. The second-order valence-electron chi connectivity index (χ2n) is 7.09. The van der Waals surface area contributed by atoms with E-state index in [1.54, 1.807) is 0 Å². The third-order valence-electron chi connectivity index (χ3n) is 3.73. The number of hydrogen-bond acceptors (Lipinski definition) is 3. The largest absolute Gasteiger partial charge is 0.396 e. The molecule has 0 saturated carbocycles. The third kappa shape index (κ3) is 14.1. The lowest BCUT2D eigenvalue weighted by atomic mass is 9.87. The van der Waals surface area contributed by atoms with Crippen molar-refractivity contribution in [2.75, 3.05) is 13.2 Å². The van der Waals surface area contributed by atoms with Crippen molar-refractivity contribution in [3.63, 3.8) is 0 Å². The van der Waals surface area contributed by atoms with E-state index in [2.05, 4.69) is 34.6 Å². The van der Waals surface area contributed by atoms with Gasteiger partial charge in [0, 0.05) is 18.8 Å². The van der Waals surface area contributed by atoms with Crippen LogP contribution in [0.3, 0.4) is 0 Å². The lowest BCUT2D eigenvalue weighted by molar-refractivity contribution is 0.0567. The molecule has 0 aliphatic carbocycles. The van der Waals surface area contributed by atoms with E-state index >= 15 is 0 Å². The second-order valence-corrected chi connectivity index (χ2v) is 7.09. The van der Waals surface area contributed by atoms with Gasteiger partial charge >= 0.3 is 0 Å². The van der Waals surface area contributed by atoms with Crippen LogP contribution in [0.2, 0.25) is 0 Å². The van der Waals surface area contributed by atoms with Crippen LogP contribution < -0.4 is 5.73 Å². The Kier molecular flexibility index (Phi) is 10.9. The second kappa shape index (κ2) is 9.73. The quantitative estimate of drug-likeness (QED) is 0.746. The molecule has 0 bridgehead atoms. The predicted octanol–water partition coefficient (Wildman–Crippen LogP) is 3.59. The Labute approximate surface area is 120 Å². The molecule has 1 unspecified atom stereocenters. The van der Waals surface area contributed by atoms with E-state index in [1.165, 1.54) is 12.8 Å². The number of ether oxygens (including phenoxy) is 1. The molecule has 0 aliphatic heterocycles. The molecule has 0 aromatic rings. The van der Waals surface area contributed by atoms with E-state index in [0.29, 0.717) is 11.5 Å². The van der Waals surface area contributed by atoms with Crippen LogP contribution in [0.5, 0.6) is 0 Å². The summed E-state index contributed by atoms with van der Waals surface area (Å²) < 4.78 is 5.48. The van der Waals surface area contributed by atoms with Crippen molar-refractivity contribution in [1.82, 2.24) is 0 Å². The summed E-state index contributed by atoms with van der Waals surface area (Å²) in [4.78, 5) is 0. The standard InChI is InChI=1S/C10H22O.C6H15NO/c1-6-10(4,5)7-8-11-9(2)3;1-5(4-8)6(2,3)7/h9H,6-8H2,1-5H3;5,8H,4,7H2,1-3H3. The fraction of sp³-hybridized carbons (Fsp3) is 1.00. The molecule has 19 heavy (non-hydrogen) atoms. The van der Waals surface area contributed by atoms with Crippen molar-refractivity contribution < 1.29 is 9.84 Å². The normalized spacial score (nSPS) is 14.1. The first-order valence-corrected chi connectivity index (χ1v) is 7.47. The first-order valence-electron chi connectivity index (χ1n) is 7.47. The van der Waals surface area contributed by atoms with Crippen LogP contribution >= 0.6 is 0 Å². The Morgan fingerprint density at radius 3 is 1.79 bits per heavy atom. The minimum atomic E-state index is -0.241. The molecule has 0 heterocycles. The van der Waals surface area contributed by atoms with E-state index in [0.717, 1.165) is 6.61 Å². The highest BCUT2D eigenvalue weighted by molar-refractivity contribution is 4.77. The zero-order valence-corrected chi connectivity index (χ0v) is 14.4. The molecule has 3 nitrogen and oxygen atoms in total. The van der Waals surface area contributed by atoms with Crippen molar-refractivity contribution in [2.45, 2.75) is 79.9 Å². The Balaban J connectivity index is 0. The van der Waals surface area contributed by atoms with Gasteiger partial charge in [-0.3, -0.25) is 0 Å². The van der Waals surface area contributed by atoms with Gasteiger partial charge in [0.15, 0.2) is 0 Å². The van der Waals surface area contributed by atoms with Crippen molar-refractivity contribution in [2.24, 2.45) is 17.1 Å². The molecule has 0 aromatic carbocycles. The van der Waals surface area contributed by atoms with Crippen molar-refractivity contribution >= 4 is 0 Å². The molecule has 0 spiro atoms. The van der Waals surface area contributed by atoms with Crippen LogP contribution in [0, 0.1) is 11.3 Å². The number of nitrogens with two attached hydrogens (primary N) is 1. The molecule has 118 valence electrons. The van der Waals surface area contributed by atoms with E-state index in [-0.39, 0.29) is 18.1 Å². The SMILES string of the molecule is CC(CO)C(C)(C)N.CCC(C)(C)CCOC(C)C. The molecule has 0 rings (SSSR count). The number of aliphatic hydroxyl groups is 1. The van der Waals surface area contributed by atoms with E-state index in [9.17, 15) is 0 Å². The van der Waals surface area contributed by atoms with Gasteiger partial charge in [0.25, 0.3) is 0 Å². The van der Waals surface area contributed by atoms with Crippen molar-refractivity contribution in [3.8, 4) is 0 Å². The predicted molar refractivity (Wildman–Crippen MR) is 84.3 cm³/mol. The summed E-state index contributed by atoms with van der Waals surface area (Å²) in [6.07, 6.45) is 2.78. The molecular formula is C16H37NO2. The number of rotatable bonds is 7. The Morgan fingerprint density at radius 2 is 1.58 bits per heavy atom. The smallest absolute Gasteiger partial charge is 0.0518 e. The molecule has 0 amide bonds. The van der Waals surface area contributed by atoms with Gasteiger partial charge in [-0.1, -0.05) is 34.1 Å². The third-order valence-corrected chi connectivity index (χ3v) is 3.73. The summed E-state index contributed by atoms with van der Waals surface area (Å²) in [5, 5.41) is 8.59. The minimum absolute atomic E-state index is 0.170. The van der Waals surface area contributed by atoms with Crippen LogP contribution in [0.25, 0.3) is 0 Å². The average Bonchev–Trinajstić information content (AvgIpc) is 2.26. The van der Waals surface area contributed by atoms with Gasteiger partial charge in [-0.15, -0.1) is 0 Å². The lowest BCUT2D eigenvalue weighted by Crippen LogP contribution is -2.40. The molecule has 0 radical (unpaired) electrons. The summed E-state index contributed by atoms with van der Waals surface area (Å²) in [6, 6.07) is 0. The summed E-state index contributed by atoms with van der Waals surface area (Å²) in [5.41, 5.74) is 5.84. The van der Waals surface area contributed by atoms with E-state index in [4.69, 9.17) is 15.6 Å². The number of aliphatic hydroxyl groups excluding tert-OH is 1. The van der Waals surface area contributed by atoms with Gasteiger partial charge in [-0.05, 0) is 45.4 Å². The first-order chi connectivity index (χ1) is 8.46. The van der Waals surface area contributed by atoms with E-state index < -0.39 is 0 Å². The fourth-order valence-corrected chi connectivity index (χ4v) is 0.983. The maximum absolute atomic E-state index is 8.59. The average molecular weight is 275 g/mol. The highest BCUT2D eigenvalue weighted by Crippen LogP contribution is 2.24. The minimum Gasteiger partial charge on any atom is -0.396 e. The monoisotopic (exact) mass is 275 g/mol. The van der Waals surface area contributed by atoms with Gasteiger partial charge in [0.05, 0.1) is 6.10 Å². The van der Waals surface area contributed by atoms with Crippen LogP contribution in [0.15, 0.2) is 0 Å². The zero-order chi connectivity index (χ0) is 15.7. The fourth-order valence-electron chi connectivity index (χ4n) is 0.983. The Morgan fingerprint density at radius 1 is 1.11 bits per heavy atom. The number of hydrogen-bond donors (Lipinski definition) is 2. The van der Waals surface area contributed by atoms with Gasteiger partial charge in [-0.2, -0.15) is 0 Å². The molecule has 0 fully saturated rings. The lowest BCUT2D eigenvalue weighted by Gasteiger charge is -2.24. The molecule has 0 aliphatic rings. The Hall–Kier alpha value is -0.120. The van der Waals surface area contributed by atoms with Gasteiger partial charge in [0.1, 0.15) is 0 Å². The summed E-state index contributed by atoms with van der Waals surface area (Å²) in [6.45, 7) is 17.8. The van der Waals surface area contributed by atoms with Crippen LogP contribution in [-0.4, -0.2) is 30.0 Å². The summed E-state index contributed by atoms with van der Waals surface area (Å²) >= 11 is 0. The maximum Gasteiger partial charge on any atom is 0.0518 e. The maximum atomic E-state index is 8.59. The van der Waals surface area contributed by atoms with Crippen LogP contribution in [0.1, 0.15) is 68.2 Å². The van der Waals surface area contributed by atoms with Crippen molar-refractivity contribution in [3.05, 3.63) is 0 Å². The summed E-state index contributed by atoms with van der Waals surface area (Å²) in [5.74, 6) is 0.183. The summed E-state index contributed by atoms with van der Waals surface area (Å²) in [7, 11) is 0. The zero-order valence-electron chi connectivity index (χ0n) is 14.4. The topological polar surface area (TPSA) is 55.5 Å². The molecule has 0 aromatic heterocycles. The molecule has 3 heteroatoms. The molecule has 3 N–H and O–H groups in total. The van der Waals surface area contributed by atoms with Crippen LogP contribution in [-0.2, 0) is 4.74 Å². The molecule has 0 saturated heterocycles.